The zero-order chi connectivity index (χ0) is 15.7. The van der Waals surface area contributed by atoms with E-state index < -0.39 is 6.10 Å². The van der Waals surface area contributed by atoms with Crippen molar-refractivity contribution in [3.05, 3.63) is 11.6 Å². The Balaban J connectivity index is 1.74. The van der Waals surface area contributed by atoms with Crippen molar-refractivity contribution < 1.29 is 19.7 Å². The molecule has 0 amide bonds. The van der Waals surface area contributed by atoms with Gasteiger partial charge in [0.25, 0.3) is 0 Å². The standard InChI is InChI=1S/C18H26O4/c1-17-8-13(19)16-11(12(17)5-6-14(17)20)4-3-10-7-15(21)22-9-18(10,16)2/h7,11-14,16,19-20H,3-6,8-9H2,1-2H3/t11-,12-,13+,14-,16+,17-,18-/m0/s1. The van der Waals surface area contributed by atoms with Gasteiger partial charge in [0.15, 0.2) is 0 Å². The minimum Gasteiger partial charge on any atom is -0.462 e. The molecule has 7 atom stereocenters. The van der Waals surface area contributed by atoms with Crippen molar-refractivity contribution in [2.45, 2.75) is 58.2 Å². The van der Waals surface area contributed by atoms with E-state index in [1.165, 1.54) is 0 Å². The summed E-state index contributed by atoms with van der Waals surface area (Å²) in [5.41, 5.74) is 0.778. The molecular weight excluding hydrogens is 280 g/mol. The van der Waals surface area contributed by atoms with E-state index in [9.17, 15) is 15.0 Å². The molecule has 3 fully saturated rings. The first-order chi connectivity index (χ1) is 10.4. The van der Waals surface area contributed by atoms with Crippen LogP contribution in [0.2, 0.25) is 0 Å². The fourth-order valence-corrected chi connectivity index (χ4v) is 6.28. The summed E-state index contributed by atoms with van der Waals surface area (Å²) in [6.45, 7) is 4.70. The van der Waals surface area contributed by atoms with E-state index in [0.29, 0.717) is 24.9 Å². The molecule has 122 valence electrons. The number of carbonyl (C=O) groups excluding carboxylic acids is 1. The maximum absolute atomic E-state index is 11.6. The molecule has 0 bridgehead atoms. The van der Waals surface area contributed by atoms with Gasteiger partial charge in [0.1, 0.15) is 6.61 Å². The van der Waals surface area contributed by atoms with E-state index in [1.54, 1.807) is 6.08 Å². The van der Waals surface area contributed by atoms with E-state index in [4.69, 9.17) is 4.74 Å². The van der Waals surface area contributed by atoms with Gasteiger partial charge >= 0.3 is 5.97 Å². The molecule has 1 heterocycles. The number of carbonyl (C=O) groups is 1. The second-order valence-corrected chi connectivity index (χ2v) is 8.40. The Hall–Kier alpha value is -0.870. The molecule has 0 aromatic rings. The monoisotopic (exact) mass is 306 g/mol. The molecule has 0 aromatic heterocycles. The predicted molar refractivity (Wildman–Crippen MR) is 80.8 cm³/mol. The highest BCUT2D eigenvalue weighted by Crippen LogP contribution is 2.64. The Labute approximate surface area is 131 Å². The zero-order valence-corrected chi connectivity index (χ0v) is 13.4. The second kappa shape index (κ2) is 4.57. The Morgan fingerprint density at radius 3 is 2.77 bits per heavy atom. The number of esters is 1. The van der Waals surface area contributed by atoms with Gasteiger partial charge in [-0.1, -0.05) is 19.4 Å². The van der Waals surface area contributed by atoms with Crippen LogP contribution in [0.15, 0.2) is 11.6 Å². The van der Waals surface area contributed by atoms with Gasteiger partial charge in [0.05, 0.1) is 12.2 Å². The normalized spacial score (nSPS) is 53.9. The molecule has 3 saturated carbocycles. The number of hydrogen-bond acceptors (Lipinski definition) is 4. The van der Waals surface area contributed by atoms with Crippen LogP contribution in [0.3, 0.4) is 0 Å². The third-order valence-electron chi connectivity index (χ3n) is 7.42. The maximum Gasteiger partial charge on any atom is 0.330 e. The summed E-state index contributed by atoms with van der Waals surface area (Å²) >= 11 is 0. The van der Waals surface area contributed by atoms with E-state index in [-0.39, 0.29) is 28.8 Å². The first kappa shape index (κ1) is 14.7. The van der Waals surface area contributed by atoms with Crippen molar-refractivity contribution in [2.75, 3.05) is 6.61 Å². The molecule has 4 nitrogen and oxygen atoms in total. The van der Waals surface area contributed by atoms with Crippen LogP contribution in [0, 0.1) is 28.6 Å². The third-order valence-corrected chi connectivity index (χ3v) is 7.42. The van der Waals surface area contributed by atoms with Crippen LogP contribution in [0.5, 0.6) is 0 Å². The van der Waals surface area contributed by atoms with Crippen molar-refractivity contribution in [1.29, 1.82) is 0 Å². The summed E-state index contributed by atoms with van der Waals surface area (Å²) in [7, 11) is 0. The first-order valence-electron chi connectivity index (χ1n) is 8.60. The summed E-state index contributed by atoms with van der Waals surface area (Å²) in [4.78, 5) is 11.6. The summed E-state index contributed by atoms with van der Waals surface area (Å²) in [5.74, 6) is 0.804. The van der Waals surface area contributed by atoms with Gasteiger partial charge in [-0.3, -0.25) is 0 Å². The lowest BCUT2D eigenvalue weighted by molar-refractivity contribution is -0.164. The molecule has 0 aromatic carbocycles. The average molecular weight is 306 g/mol. The molecule has 4 rings (SSSR count). The molecule has 0 saturated heterocycles. The topological polar surface area (TPSA) is 66.8 Å². The number of rotatable bonds is 0. The lowest BCUT2D eigenvalue weighted by Gasteiger charge is -2.58. The average Bonchev–Trinajstić information content (AvgIpc) is 2.75. The highest BCUT2D eigenvalue weighted by molar-refractivity contribution is 5.84. The number of aliphatic hydroxyl groups is 2. The van der Waals surface area contributed by atoms with Gasteiger partial charge < -0.3 is 14.9 Å². The van der Waals surface area contributed by atoms with E-state index in [2.05, 4.69) is 13.8 Å². The van der Waals surface area contributed by atoms with Gasteiger partial charge in [0, 0.05) is 17.4 Å². The molecule has 0 spiro atoms. The molecule has 4 aliphatic rings. The Morgan fingerprint density at radius 1 is 1.23 bits per heavy atom. The van der Waals surface area contributed by atoms with Crippen LogP contribution < -0.4 is 0 Å². The minimum absolute atomic E-state index is 0.143. The highest BCUT2D eigenvalue weighted by atomic mass is 16.5. The van der Waals surface area contributed by atoms with Crippen LogP contribution in [0.4, 0.5) is 0 Å². The highest BCUT2D eigenvalue weighted by Gasteiger charge is 2.62. The zero-order valence-electron chi connectivity index (χ0n) is 13.4. The van der Waals surface area contributed by atoms with Gasteiger partial charge in [0.2, 0.25) is 0 Å². The maximum atomic E-state index is 11.6. The van der Waals surface area contributed by atoms with Crippen molar-refractivity contribution in [1.82, 2.24) is 0 Å². The van der Waals surface area contributed by atoms with Crippen molar-refractivity contribution in [3.63, 3.8) is 0 Å². The summed E-state index contributed by atoms with van der Waals surface area (Å²) < 4.78 is 5.33. The van der Waals surface area contributed by atoms with Crippen molar-refractivity contribution >= 4 is 5.97 Å². The third kappa shape index (κ3) is 1.74. The lowest BCUT2D eigenvalue weighted by Crippen LogP contribution is -2.58. The minimum atomic E-state index is -0.426. The number of aliphatic hydroxyl groups excluding tert-OH is 2. The molecule has 2 N–H and O–H groups in total. The van der Waals surface area contributed by atoms with Gasteiger partial charge in [-0.2, -0.15) is 0 Å². The van der Waals surface area contributed by atoms with Crippen LogP contribution in [0.1, 0.15) is 46.0 Å². The van der Waals surface area contributed by atoms with E-state index in [0.717, 1.165) is 31.3 Å². The molecule has 0 radical (unpaired) electrons. The van der Waals surface area contributed by atoms with Crippen molar-refractivity contribution in [3.8, 4) is 0 Å². The molecule has 3 aliphatic carbocycles. The van der Waals surface area contributed by atoms with Crippen LogP contribution in [-0.2, 0) is 9.53 Å². The number of ether oxygens (including phenoxy) is 1. The van der Waals surface area contributed by atoms with E-state index in [1.807, 2.05) is 0 Å². The summed E-state index contributed by atoms with van der Waals surface area (Å²) in [5, 5.41) is 21.4. The predicted octanol–water partition coefficient (Wildman–Crippen LogP) is 2.04. The van der Waals surface area contributed by atoms with Crippen LogP contribution >= 0.6 is 0 Å². The van der Waals surface area contributed by atoms with Crippen LogP contribution in [0.25, 0.3) is 0 Å². The van der Waals surface area contributed by atoms with E-state index >= 15 is 0 Å². The largest absolute Gasteiger partial charge is 0.462 e. The fraction of sp³-hybridized carbons (Fsp3) is 0.833. The summed E-state index contributed by atoms with van der Waals surface area (Å²) in [6.07, 6.45) is 5.45. The molecule has 4 heteroatoms. The van der Waals surface area contributed by atoms with Gasteiger partial charge in [-0.25, -0.2) is 4.79 Å². The Bertz CT molecular complexity index is 541. The molecular formula is C18H26O4. The molecule has 22 heavy (non-hydrogen) atoms. The number of cyclic esters (lactones) is 1. The Morgan fingerprint density at radius 2 is 2.00 bits per heavy atom. The smallest absolute Gasteiger partial charge is 0.330 e. The van der Waals surface area contributed by atoms with Gasteiger partial charge in [-0.15, -0.1) is 0 Å². The quantitative estimate of drug-likeness (QED) is 0.672. The molecule has 0 unspecified atom stereocenters. The fourth-order valence-electron chi connectivity index (χ4n) is 6.28. The van der Waals surface area contributed by atoms with Crippen LogP contribution in [-0.4, -0.2) is 35.0 Å². The molecule has 1 aliphatic heterocycles. The number of fused-ring (bicyclic) bond motifs is 5. The first-order valence-corrected chi connectivity index (χ1v) is 8.60. The Kier molecular flexibility index (Phi) is 3.06. The van der Waals surface area contributed by atoms with Crippen molar-refractivity contribution in [2.24, 2.45) is 28.6 Å². The number of hydrogen-bond donors (Lipinski definition) is 2. The summed E-state index contributed by atoms with van der Waals surface area (Å²) in [6, 6.07) is 0. The van der Waals surface area contributed by atoms with Gasteiger partial charge in [-0.05, 0) is 49.4 Å². The lowest BCUT2D eigenvalue weighted by atomic mass is 9.48. The SMILES string of the molecule is C[C@]12C[C@@H](O)[C@H]3[C@@H](CCC4=CC(=O)OC[C@@]43C)[C@@H]1CC[C@@H]2O. The second-order valence-electron chi connectivity index (χ2n) is 8.40.